The minimum atomic E-state index is -0.712. The number of halogens is 1. The smallest absolute Gasteiger partial charge is 0.118 e. The lowest BCUT2D eigenvalue weighted by Gasteiger charge is -2.45. The lowest BCUT2D eigenvalue weighted by atomic mass is 9.78. The van der Waals surface area contributed by atoms with Gasteiger partial charge in [-0.3, -0.25) is 4.90 Å². The monoisotopic (exact) mass is 258 g/mol. The molecule has 0 aromatic carbocycles. The highest BCUT2D eigenvalue weighted by Crippen LogP contribution is 2.42. The number of alkyl halides is 1. The summed E-state index contributed by atoms with van der Waals surface area (Å²) in [6, 6.07) is 0.301. The summed E-state index contributed by atoms with van der Waals surface area (Å²) in [5.41, 5.74) is 0.137. The van der Waals surface area contributed by atoms with Gasteiger partial charge >= 0.3 is 0 Å². The topological polar surface area (TPSA) is 6.48 Å². The molecule has 0 radical (unpaired) electrons. The average molecular weight is 258 g/mol. The molecule has 1 aliphatic rings. The second kappa shape index (κ2) is 5.09. The summed E-state index contributed by atoms with van der Waals surface area (Å²) in [6.45, 7) is 14.7. The van der Waals surface area contributed by atoms with E-state index in [0.29, 0.717) is 12.6 Å². The van der Waals surface area contributed by atoms with E-state index in [2.05, 4.69) is 51.3 Å². The van der Waals surface area contributed by atoms with Crippen LogP contribution in [0.25, 0.3) is 0 Å². The number of rotatable bonds is 2. The van der Waals surface area contributed by atoms with E-state index in [9.17, 15) is 4.39 Å². The zero-order valence-corrected chi connectivity index (χ0v) is 13.4. The van der Waals surface area contributed by atoms with Crippen LogP contribution in [0.2, 0.25) is 0 Å². The Morgan fingerprint density at radius 2 is 1.61 bits per heavy atom. The van der Waals surface area contributed by atoms with Crippen molar-refractivity contribution in [3.63, 3.8) is 0 Å². The Morgan fingerprint density at radius 1 is 1.11 bits per heavy atom. The Kier molecular flexibility index (Phi) is 4.49. The van der Waals surface area contributed by atoms with Crippen molar-refractivity contribution in [2.24, 2.45) is 11.3 Å². The molecule has 0 aliphatic carbocycles. The number of nitrogens with zero attached hydrogens (tertiary/aromatic N) is 2. The first-order valence-corrected chi connectivity index (χ1v) is 7.00. The van der Waals surface area contributed by atoms with Crippen LogP contribution in [-0.4, -0.2) is 54.7 Å². The molecule has 0 aromatic rings. The minimum absolute atomic E-state index is 0.0311. The molecule has 0 spiro atoms. The molecule has 3 atom stereocenters. The molecule has 18 heavy (non-hydrogen) atoms. The molecule has 0 saturated carbocycles. The van der Waals surface area contributed by atoms with Crippen molar-refractivity contribution in [1.82, 2.24) is 9.80 Å². The van der Waals surface area contributed by atoms with Gasteiger partial charge in [-0.2, -0.15) is 0 Å². The Bertz CT molecular complexity index is 275. The van der Waals surface area contributed by atoms with Crippen LogP contribution >= 0.6 is 0 Å². The van der Waals surface area contributed by atoms with Gasteiger partial charge in [0.2, 0.25) is 0 Å². The van der Waals surface area contributed by atoms with Crippen molar-refractivity contribution >= 4 is 0 Å². The third-order valence-corrected chi connectivity index (χ3v) is 3.90. The van der Waals surface area contributed by atoms with E-state index in [-0.39, 0.29) is 16.9 Å². The quantitative estimate of drug-likeness (QED) is 0.751. The fourth-order valence-electron chi connectivity index (χ4n) is 3.30. The molecule has 108 valence electrons. The number of likely N-dealkylation sites (tertiary alicyclic amines) is 1. The molecule has 1 aliphatic heterocycles. The highest BCUT2D eigenvalue weighted by Gasteiger charge is 2.50. The first kappa shape index (κ1) is 15.9. The van der Waals surface area contributed by atoms with E-state index >= 15 is 0 Å². The molecule has 0 unspecified atom stereocenters. The van der Waals surface area contributed by atoms with Crippen LogP contribution in [0, 0.1) is 11.3 Å². The van der Waals surface area contributed by atoms with Gasteiger partial charge < -0.3 is 4.90 Å². The molecular formula is C15H31FN2. The fourth-order valence-corrected chi connectivity index (χ4v) is 3.30. The lowest BCUT2D eigenvalue weighted by molar-refractivity contribution is 0.0338. The highest BCUT2D eigenvalue weighted by atomic mass is 19.1. The Labute approximate surface area is 113 Å². The predicted octanol–water partition coefficient (Wildman–Crippen LogP) is 3.03. The van der Waals surface area contributed by atoms with Crippen LogP contribution in [0.3, 0.4) is 0 Å². The van der Waals surface area contributed by atoms with Gasteiger partial charge in [0.1, 0.15) is 6.17 Å². The summed E-state index contributed by atoms with van der Waals surface area (Å²) in [5, 5.41) is 0. The maximum Gasteiger partial charge on any atom is 0.118 e. The molecule has 1 rings (SSSR count). The maximum atomic E-state index is 14.4. The van der Waals surface area contributed by atoms with E-state index in [1.165, 1.54) is 0 Å². The van der Waals surface area contributed by atoms with Crippen molar-refractivity contribution in [1.29, 1.82) is 0 Å². The van der Waals surface area contributed by atoms with Crippen molar-refractivity contribution in [3.05, 3.63) is 0 Å². The molecule has 0 aromatic heterocycles. The van der Waals surface area contributed by atoms with E-state index in [4.69, 9.17) is 0 Å². The predicted molar refractivity (Wildman–Crippen MR) is 76.6 cm³/mol. The standard InChI is InChI=1S/C15H31FN2/c1-14(2,3)13-11(9-17(7)8)12(16)10-18(13)15(4,5)6/h11-13H,9-10H2,1-8H3/t11-,12+,13+/m1/s1. The van der Waals surface area contributed by atoms with Crippen LogP contribution in [0.1, 0.15) is 41.5 Å². The van der Waals surface area contributed by atoms with E-state index < -0.39 is 6.17 Å². The van der Waals surface area contributed by atoms with Crippen molar-refractivity contribution < 1.29 is 4.39 Å². The van der Waals surface area contributed by atoms with Crippen LogP contribution in [-0.2, 0) is 0 Å². The largest absolute Gasteiger partial charge is 0.309 e. The van der Waals surface area contributed by atoms with Gasteiger partial charge in [-0.25, -0.2) is 4.39 Å². The van der Waals surface area contributed by atoms with Crippen LogP contribution in [0.15, 0.2) is 0 Å². The average Bonchev–Trinajstić information content (AvgIpc) is 2.41. The van der Waals surface area contributed by atoms with Gasteiger partial charge in [-0.05, 0) is 40.3 Å². The summed E-state index contributed by atoms with van der Waals surface area (Å²) in [7, 11) is 4.07. The summed E-state index contributed by atoms with van der Waals surface area (Å²) >= 11 is 0. The molecule has 0 N–H and O–H groups in total. The van der Waals surface area contributed by atoms with Gasteiger partial charge in [0.05, 0.1) is 0 Å². The van der Waals surface area contributed by atoms with E-state index in [0.717, 1.165) is 6.54 Å². The van der Waals surface area contributed by atoms with Crippen LogP contribution in [0.5, 0.6) is 0 Å². The third-order valence-electron chi connectivity index (χ3n) is 3.90. The minimum Gasteiger partial charge on any atom is -0.309 e. The molecule has 1 heterocycles. The summed E-state index contributed by atoms with van der Waals surface area (Å²) in [4.78, 5) is 4.48. The first-order chi connectivity index (χ1) is 7.94. The number of hydrogen-bond acceptors (Lipinski definition) is 2. The van der Waals surface area contributed by atoms with Crippen LogP contribution in [0.4, 0.5) is 4.39 Å². The Morgan fingerprint density at radius 3 is 1.94 bits per heavy atom. The second-order valence-corrected chi connectivity index (χ2v) is 8.08. The molecule has 0 amide bonds. The summed E-state index contributed by atoms with van der Waals surface area (Å²) in [5.74, 6) is 0.110. The van der Waals surface area contributed by atoms with Gasteiger partial charge in [0.25, 0.3) is 0 Å². The van der Waals surface area contributed by atoms with E-state index in [1.807, 2.05) is 14.1 Å². The maximum absolute atomic E-state index is 14.4. The summed E-state index contributed by atoms with van der Waals surface area (Å²) in [6.07, 6.45) is -0.712. The summed E-state index contributed by atoms with van der Waals surface area (Å²) < 4.78 is 14.4. The Balaban J connectivity index is 3.04. The molecule has 1 fully saturated rings. The molecule has 0 bridgehead atoms. The SMILES string of the molecule is CN(C)C[C@H]1[C@@H](C(C)(C)C)N(C(C)(C)C)C[C@@H]1F. The van der Waals surface area contributed by atoms with Gasteiger partial charge in [-0.1, -0.05) is 20.8 Å². The third kappa shape index (κ3) is 3.45. The normalized spacial score (nSPS) is 31.3. The lowest BCUT2D eigenvalue weighted by Crippen LogP contribution is -2.52. The molecular weight excluding hydrogens is 227 g/mol. The molecule has 3 heteroatoms. The van der Waals surface area contributed by atoms with Crippen molar-refractivity contribution in [2.75, 3.05) is 27.2 Å². The Hall–Kier alpha value is -0.150. The molecule has 1 saturated heterocycles. The molecule has 2 nitrogen and oxygen atoms in total. The van der Waals surface area contributed by atoms with Crippen LogP contribution < -0.4 is 0 Å². The van der Waals surface area contributed by atoms with E-state index in [1.54, 1.807) is 0 Å². The first-order valence-electron chi connectivity index (χ1n) is 7.00. The highest BCUT2D eigenvalue weighted by molar-refractivity contribution is 5.03. The van der Waals surface area contributed by atoms with Gasteiger partial charge in [-0.15, -0.1) is 0 Å². The zero-order valence-electron chi connectivity index (χ0n) is 13.4. The van der Waals surface area contributed by atoms with Gasteiger partial charge in [0.15, 0.2) is 0 Å². The van der Waals surface area contributed by atoms with Gasteiger partial charge in [0, 0.05) is 30.6 Å². The number of hydrogen-bond donors (Lipinski definition) is 0. The zero-order chi connectivity index (χ0) is 14.3. The van der Waals surface area contributed by atoms with Crippen molar-refractivity contribution in [3.8, 4) is 0 Å². The van der Waals surface area contributed by atoms with Crippen molar-refractivity contribution in [2.45, 2.75) is 59.3 Å². The second-order valence-electron chi connectivity index (χ2n) is 8.08. The fraction of sp³-hybridized carbons (Fsp3) is 1.00.